The molecule has 2 heterocycles. The molecule has 35 heavy (non-hydrogen) atoms. The highest BCUT2D eigenvalue weighted by Gasteiger charge is 2.36. The number of ether oxygens (including phenoxy) is 1. The number of aromatic nitrogens is 2. The molecular weight excluding hydrogens is 472 g/mol. The van der Waals surface area contributed by atoms with Crippen LogP contribution in [-0.2, 0) is 31.0 Å². The van der Waals surface area contributed by atoms with Crippen molar-refractivity contribution >= 4 is 27.6 Å². The van der Waals surface area contributed by atoms with E-state index in [2.05, 4.69) is 10.2 Å². The van der Waals surface area contributed by atoms with Gasteiger partial charge in [0.1, 0.15) is 0 Å². The van der Waals surface area contributed by atoms with E-state index in [1.807, 2.05) is 30.3 Å². The number of carbonyl (C=O) groups excluding carboxylic acids is 2. The van der Waals surface area contributed by atoms with Crippen molar-refractivity contribution in [2.24, 2.45) is 5.92 Å². The van der Waals surface area contributed by atoms with Gasteiger partial charge in [-0.3, -0.25) is 9.59 Å². The predicted octanol–water partition coefficient (Wildman–Crippen LogP) is 2.86. The summed E-state index contributed by atoms with van der Waals surface area (Å²) in [5.74, 6) is -0.955. The van der Waals surface area contributed by atoms with Gasteiger partial charge in [-0.05, 0) is 36.4 Å². The van der Waals surface area contributed by atoms with Crippen molar-refractivity contribution in [3.05, 3.63) is 60.5 Å². The van der Waals surface area contributed by atoms with Crippen LogP contribution in [0, 0.1) is 5.92 Å². The number of rotatable bonds is 9. The molecule has 0 radical (unpaired) electrons. The fourth-order valence-corrected chi connectivity index (χ4v) is 5.34. The van der Waals surface area contributed by atoms with Gasteiger partial charge >= 0.3 is 5.97 Å². The second-order valence-electron chi connectivity index (χ2n) is 7.96. The van der Waals surface area contributed by atoms with Crippen LogP contribution >= 0.6 is 0 Å². The van der Waals surface area contributed by atoms with E-state index in [0.717, 1.165) is 5.56 Å². The minimum Gasteiger partial charge on any atom is -0.455 e. The Bertz CT molecular complexity index is 1290. The van der Waals surface area contributed by atoms with Crippen molar-refractivity contribution in [2.75, 3.05) is 24.5 Å². The van der Waals surface area contributed by atoms with Gasteiger partial charge in [0.25, 0.3) is 5.89 Å². The van der Waals surface area contributed by atoms with Crippen LogP contribution in [-0.4, -0.2) is 54.4 Å². The van der Waals surface area contributed by atoms with Crippen LogP contribution in [0.4, 0.5) is 5.69 Å². The Morgan fingerprint density at radius 1 is 1.09 bits per heavy atom. The third-order valence-electron chi connectivity index (χ3n) is 5.78. The molecule has 1 unspecified atom stereocenters. The first-order valence-corrected chi connectivity index (χ1v) is 12.7. The molecule has 3 aromatic rings. The summed E-state index contributed by atoms with van der Waals surface area (Å²) in [5, 5.41) is 7.85. The largest absolute Gasteiger partial charge is 0.455 e. The summed E-state index contributed by atoms with van der Waals surface area (Å²) in [6.07, 6.45) is -0.00255. The van der Waals surface area contributed by atoms with Gasteiger partial charge in [-0.1, -0.05) is 32.0 Å². The number of nitrogens with zero attached hydrogens (tertiary/aromatic N) is 4. The van der Waals surface area contributed by atoms with Crippen molar-refractivity contribution in [3.8, 4) is 11.5 Å². The molecule has 184 valence electrons. The molecule has 0 N–H and O–H groups in total. The minimum atomic E-state index is -3.59. The molecule has 11 heteroatoms. The molecule has 1 fully saturated rings. The molecule has 0 saturated carbocycles. The average Bonchev–Trinajstić information content (AvgIpc) is 3.51. The van der Waals surface area contributed by atoms with Crippen molar-refractivity contribution in [1.82, 2.24) is 14.5 Å². The maximum atomic E-state index is 12.7. The summed E-state index contributed by atoms with van der Waals surface area (Å²) in [4.78, 5) is 26.7. The van der Waals surface area contributed by atoms with E-state index in [1.54, 1.807) is 26.0 Å². The SMILES string of the molecule is CCN(CC)S(=O)(=O)c1ccc(N2CC(C(=O)OCc3nnc(-c4ccccc4)o3)CC2=O)cc1. The zero-order valence-electron chi connectivity index (χ0n) is 19.5. The topological polar surface area (TPSA) is 123 Å². The number of anilines is 1. The van der Waals surface area contributed by atoms with Crippen LogP contribution in [0.3, 0.4) is 0 Å². The first kappa shape index (κ1) is 24.6. The normalized spacial score (nSPS) is 16.1. The van der Waals surface area contributed by atoms with Gasteiger partial charge in [-0.15, -0.1) is 10.2 Å². The van der Waals surface area contributed by atoms with E-state index in [9.17, 15) is 18.0 Å². The molecule has 2 aromatic carbocycles. The van der Waals surface area contributed by atoms with E-state index in [4.69, 9.17) is 9.15 Å². The van der Waals surface area contributed by atoms with Crippen molar-refractivity contribution in [2.45, 2.75) is 31.8 Å². The van der Waals surface area contributed by atoms with E-state index >= 15 is 0 Å². The zero-order chi connectivity index (χ0) is 25.0. The van der Waals surface area contributed by atoms with Gasteiger partial charge in [-0.2, -0.15) is 4.31 Å². The third kappa shape index (κ3) is 5.25. The van der Waals surface area contributed by atoms with Crippen LogP contribution in [0.5, 0.6) is 0 Å². The highest BCUT2D eigenvalue weighted by molar-refractivity contribution is 7.89. The Labute approximate surface area is 203 Å². The van der Waals surface area contributed by atoms with Gasteiger partial charge in [0.15, 0.2) is 6.61 Å². The summed E-state index contributed by atoms with van der Waals surface area (Å²) in [5.41, 5.74) is 1.28. The number of hydrogen-bond donors (Lipinski definition) is 0. The number of benzene rings is 2. The van der Waals surface area contributed by atoms with Crippen LogP contribution in [0.15, 0.2) is 63.9 Å². The number of amides is 1. The van der Waals surface area contributed by atoms with Crippen molar-refractivity contribution in [1.29, 1.82) is 0 Å². The summed E-state index contributed by atoms with van der Waals surface area (Å²) >= 11 is 0. The Morgan fingerprint density at radius 3 is 2.43 bits per heavy atom. The molecule has 1 atom stereocenters. The third-order valence-corrected chi connectivity index (χ3v) is 7.84. The standard InChI is InChI=1S/C24H26N4O6S/c1-3-27(4-2)35(31,32)20-12-10-19(11-13-20)28-15-18(14-22(28)29)24(30)33-16-21-25-26-23(34-21)17-8-6-5-7-9-17/h5-13,18H,3-4,14-16H2,1-2H3. The summed E-state index contributed by atoms with van der Waals surface area (Å²) < 4.78 is 37.6. The molecule has 0 spiro atoms. The summed E-state index contributed by atoms with van der Waals surface area (Å²) in [7, 11) is -3.59. The van der Waals surface area contributed by atoms with E-state index in [1.165, 1.54) is 21.3 Å². The minimum absolute atomic E-state index is 0.00255. The van der Waals surface area contributed by atoms with E-state index in [0.29, 0.717) is 24.7 Å². The predicted molar refractivity (Wildman–Crippen MR) is 127 cm³/mol. The molecule has 0 bridgehead atoms. The van der Waals surface area contributed by atoms with Gasteiger partial charge < -0.3 is 14.1 Å². The number of carbonyl (C=O) groups is 2. The smallest absolute Gasteiger partial charge is 0.311 e. The zero-order valence-corrected chi connectivity index (χ0v) is 20.3. The highest BCUT2D eigenvalue weighted by Crippen LogP contribution is 2.28. The molecule has 4 rings (SSSR count). The number of esters is 1. The molecular formula is C24H26N4O6S. The van der Waals surface area contributed by atoms with Crippen LogP contribution in [0.25, 0.3) is 11.5 Å². The highest BCUT2D eigenvalue weighted by atomic mass is 32.2. The Kier molecular flexibility index (Phi) is 7.27. The quantitative estimate of drug-likeness (QED) is 0.413. The molecule has 0 aliphatic carbocycles. The van der Waals surface area contributed by atoms with Gasteiger partial charge in [-0.25, -0.2) is 8.42 Å². The fraction of sp³-hybridized carbons (Fsp3) is 0.333. The number of sulfonamides is 1. The van der Waals surface area contributed by atoms with Gasteiger partial charge in [0.2, 0.25) is 21.8 Å². The lowest BCUT2D eigenvalue weighted by Gasteiger charge is -2.20. The Balaban J connectivity index is 1.36. The number of hydrogen-bond acceptors (Lipinski definition) is 8. The molecule has 1 aromatic heterocycles. The van der Waals surface area contributed by atoms with Gasteiger partial charge in [0, 0.05) is 37.3 Å². The fourth-order valence-electron chi connectivity index (χ4n) is 3.89. The van der Waals surface area contributed by atoms with Crippen LogP contribution < -0.4 is 4.90 Å². The van der Waals surface area contributed by atoms with Gasteiger partial charge in [0.05, 0.1) is 10.8 Å². The molecule has 1 saturated heterocycles. The molecule has 1 aliphatic heterocycles. The molecule has 10 nitrogen and oxygen atoms in total. The molecule has 1 amide bonds. The second-order valence-corrected chi connectivity index (χ2v) is 9.90. The maximum absolute atomic E-state index is 12.7. The summed E-state index contributed by atoms with van der Waals surface area (Å²) in [6, 6.07) is 15.3. The first-order valence-electron chi connectivity index (χ1n) is 11.3. The van der Waals surface area contributed by atoms with E-state index in [-0.39, 0.29) is 36.3 Å². The second kappa shape index (κ2) is 10.4. The van der Waals surface area contributed by atoms with Crippen LogP contribution in [0.2, 0.25) is 0 Å². The monoisotopic (exact) mass is 498 g/mol. The average molecular weight is 499 g/mol. The summed E-state index contributed by atoms with van der Waals surface area (Å²) in [6.45, 7) is 4.23. The lowest BCUT2D eigenvalue weighted by atomic mass is 10.1. The molecule has 1 aliphatic rings. The van der Waals surface area contributed by atoms with Crippen LogP contribution in [0.1, 0.15) is 26.2 Å². The lowest BCUT2D eigenvalue weighted by molar-refractivity contribution is -0.150. The maximum Gasteiger partial charge on any atom is 0.311 e. The van der Waals surface area contributed by atoms with Crippen molar-refractivity contribution in [3.63, 3.8) is 0 Å². The Morgan fingerprint density at radius 2 is 1.77 bits per heavy atom. The van der Waals surface area contributed by atoms with Crippen molar-refractivity contribution < 1.29 is 27.2 Å². The lowest BCUT2D eigenvalue weighted by Crippen LogP contribution is -2.30. The Hall–Kier alpha value is -3.57. The first-order chi connectivity index (χ1) is 16.8. The van der Waals surface area contributed by atoms with E-state index < -0.39 is 21.9 Å².